The first kappa shape index (κ1) is 6.44. The van der Waals surface area contributed by atoms with Gasteiger partial charge in [0.25, 0.3) is 0 Å². The van der Waals surface area contributed by atoms with Gasteiger partial charge in [0.2, 0.25) is 0 Å². The van der Waals surface area contributed by atoms with Crippen LogP contribution in [0.4, 0.5) is 0 Å². The third-order valence-electron chi connectivity index (χ3n) is 4.12. The maximum atomic E-state index is 9.75. The van der Waals surface area contributed by atoms with Crippen LogP contribution >= 0.6 is 0 Å². The molecule has 0 aromatic rings. The van der Waals surface area contributed by atoms with Crippen molar-refractivity contribution in [2.45, 2.75) is 25.6 Å². The van der Waals surface area contributed by atoms with Gasteiger partial charge < -0.3 is 9.84 Å². The van der Waals surface area contributed by atoms with Gasteiger partial charge in [-0.1, -0.05) is 6.92 Å². The van der Waals surface area contributed by atoms with Crippen molar-refractivity contribution in [2.75, 3.05) is 6.61 Å². The summed E-state index contributed by atoms with van der Waals surface area (Å²) in [6.45, 7) is 3.17. The Hall–Kier alpha value is -0.0800. The van der Waals surface area contributed by atoms with Crippen molar-refractivity contribution in [1.29, 1.82) is 0 Å². The SMILES string of the molecule is C[C@@H]1[C@H]2C[C@H]3[C@@H]1CO[C@H]3[C@@H]2O. The van der Waals surface area contributed by atoms with E-state index in [1.165, 1.54) is 6.42 Å². The van der Waals surface area contributed by atoms with Gasteiger partial charge in [-0.25, -0.2) is 0 Å². The molecule has 2 bridgehead atoms. The van der Waals surface area contributed by atoms with Crippen LogP contribution in [0.2, 0.25) is 0 Å². The molecule has 2 aliphatic carbocycles. The molecule has 3 fully saturated rings. The molecule has 2 nitrogen and oxygen atoms in total. The molecule has 1 heterocycles. The molecule has 0 aromatic carbocycles. The van der Waals surface area contributed by atoms with E-state index in [9.17, 15) is 5.11 Å². The highest BCUT2D eigenvalue weighted by Gasteiger charge is 2.60. The molecule has 0 amide bonds. The first-order valence-corrected chi connectivity index (χ1v) is 4.58. The first-order valence-electron chi connectivity index (χ1n) is 4.58. The molecule has 0 unspecified atom stereocenters. The average molecular weight is 154 g/mol. The minimum atomic E-state index is -0.145. The van der Waals surface area contributed by atoms with Gasteiger partial charge in [-0.15, -0.1) is 0 Å². The monoisotopic (exact) mass is 154 g/mol. The van der Waals surface area contributed by atoms with E-state index in [4.69, 9.17) is 4.74 Å². The van der Waals surface area contributed by atoms with Gasteiger partial charge >= 0.3 is 0 Å². The zero-order valence-corrected chi connectivity index (χ0v) is 6.73. The van der Waals surface area contributed by atoms with Crippen LogP contribution in [-0.2, 0) is 4.74 Å². The summed E-state index contributed by atoms with van der Waals surface area (Å²) in [6.07, 6.45) is 1.28. The molecular formula is C9H14O2. The van der Waals surface area contributed by atoms with Crippen molar-refractivity contribution in [3.05, 3.63) is 0 Å². The maximum Gasteiger partial charge on any atom is 0.0868 e. The largest absolute Gasteiger partial charge is 0.390 e. The normalized spacial score (nSPS) is 66.0. The summed E-state index contributed by atoms with van der Waals surface area (Å²) in [6, 6.07) is 0. The van der Waals surface area contributed by atoms with Gasteiger partial charge in [-0.2, -0.15) is 0 Å². The van der Waals surface area contributed by atoms with Crippen LogP contribution in [0.15, 0.2) is 0 Å². The number of rotatable bonds is 0. The van der Waals surface area contributed by atoms with Crippen molar-refractivity contribution < 1.29 is 9.84 Å². The van der Waals surface area contributed by atoms with E-state index in [2.05, 4.69) is 6.92 Å². The fraction of sp³-hybridized carbons (Fsp3) is 1.00. The number of hydrogen-bond acceptors (Lipinski definition) is 2. The highest BCUT2D eigenvalue weighted by molar-refractivity contribution is 5.08. The molecule has 62 valence electrons. The minimum Gasteiger partial charge on any atom is -0.390 e. The zero-order valence-electron chi connectivity index (χ0n) is 6.73. The predicted octanol–water partition coefficient (Wildman–Crippen LogP) is 0.648. The summed E-state index contributed by atoms with van der Waals surface area (Å²) in [5.41, 5.74) is 0. The molecule has 2 heteroatoms. The molecule has 1 saturated heterocycles. The number of aliphatic hydroxyl groups is 1. The fourth-order valence-corrected chi connectivity index (χ4v) is 3.46. The Labute approximate surface area is 66.5 Å². The first-order chi connectivity index (χ1) is 5.29. The van der Waals surface area contributed by atoms with Gasteiger partial charge in [0.05, 0.1) is 18.8 Å². The summed E-state index contributed by atoms with van der Waals surface area (Å²) < 4.78 is 5.56. The lowest BCUT2D eigenvalue weighted by Crippen LogP contribution is -2.35. The molecule has 11 heavy (non-hydrogen) atoms. The number of hydrogen-bond donors (Lipinski definition) is 1. The molecule has 1 aliphatic heterocycles. The Bertz CT molecular complexity index is 174. The van der Waals surface area contributed by atoms with E-state index >= 15 is 0 Å². The molecule has 2 saturated carbocycles. The van der Waals surface area contributed by atoms with Crippen molar-refractivity contribution in [2.24, 2.45) is 23.7 Å². The lowest BCUT2D eigenvalue weighted by molar-refractivity contribution is -0.0155. The van der Waals surface area contributed by atoms with Gasteiger partial charge in [0, 0.05) is 0 Å². The van der Waals surface area contributed by atoms with Crippen molar-refractivity contribution in [3.63, 3.8) is 0 Å². The third-order valence-corrected chi connectivity index (χ3v) is 4.12. The summed E-state index contributed by atoms with van der Waals surface area (Å²) in [5, 5.41) is 9.75. The molecular weight excluding hydrogens is 140 g/mol. The van der Waals surface area contributed by atoms with E-state index in [1.807, 2.05) is 0 Å². The second-order valence-electron chi connectivity index (χ2n) is 4.37. The van der Waals surface area contributed by atoms with Gasteiger partial charge in [0.1, 0.15) is 0 Å². The van der Waals surface area contributed by atoms with Gasteiger partial charge in [0.15, 0.2) is 0 Å². The van der Waals surface area contributed by atoms with Gasteiger partial charge in [-0.05, 0) is 30.1 Å². The highest BCUT2D eigenvalue weighted by atomic mass is 16.5. The molecule has 6 atom stereocenters. The van der Waals surface area contributed by atoms with Crippen LogP contribution < -0.4 is 0 Å². The van der Waals surface area contributed by atoms with E-state index in [1.54, 1.807) is 0 Å². The van der Waals surface area contributed by atoms with Crippen LogP contribution in [0, 0.1) is 23.7 Å². The topological polar surface area (TPSA) is 29.5 Å². The van der Waals surface area contributed by atoms with Crippen molar-refractivity contribution in [3.8, 4) is 0 Å². The Balaban J connectivity index is 2.01. The minimum absolute atomic E-state index is 0.145. The predicted molar refractivity (Wildman–Crippen MR) is 40.0 cm³/mol. The Kier molecular flexibility index (Phi) is 1.06. The quantitative estimate of drug-likeness (QED) is 0.555. The van der Waals surface area contributed by atoms with E-state index < -0.39 is 0 Å². The van der Waals surface area contributed by atoms with Crippen LogP contribution in [0.1, 0.15) is 13.3 Å². The maximum absolute atomic E-state index is 9.75. The Morgan fingerprint density at radius 1 is 1.27 bits per heavy atom. The van der Waals surface area contributed by atoms with Crippen LogP contribution in [0.25, 0.3) is 0 Å². The lowest BCUT2D eigenvalue weighted by Gasteiger charge is -2.27. The highest BCUT2D eigenvalue weighted by Crippen LogP contribution is 2.56. The summed E-state index contributed by atoms with van der Waals surface area (Å²) in [4.78, 5) is 0. The molecule has 0 aromatic heterocycles. The zero-order chi connectivity index (χ0) is 7.59. The van der Waals surface area contributed by atoms with Crippen molar-refractivity contribution >= 4 is 0 Å². The molecule has 1 N–H and O–H groups in total. The van der Waals surface area contributed by atoms with E-state index in [-0.39, 0.29) is 12.2 Å². The molecule has 3 aliphatic rings. The van der Waals surface area contributed by atoms with E-state index in [0.717, 1.165) is 12.5 Å². The summed E-state index contributed by atoms with van der Waals surface area (Å²) in [7, 11) is 0. The smallest absolute Gasteiger partial charge is 0.0868 e. The second-order valence-corrected chi connectivity index (χ2v) is 4.37. The summed E-state index contributed by atoms with van der Waals surface area (Å²) in [5.74, 6) is 2.73. The lowest BCUT2D eigenvalue weighted by atomic mass is 9.80. The average Bonchev–Trinajstić information content (AvgIpc) is 2.53. The summed E-state index contributed by atoms with van der Waals surface area (Å²) >= 11 is 0. The standard InChI is InChI=1S/C9H14O2/c1-4-5-2-6-7(4)3-11-9(6)8(5)10/h4-10H,2-3H2,1H3/t4-,5-,6+,7-,8-,9-/m1/s1. The van der Waals surface area contributed by atoms with Crippen LogP contribution in [0.5, 0.6) is 0 Å². The van der Waals surface area contributed by atoms with Crippen LogP contribution in [-0.4, -0.2) is 23.9 Å². The van der Waals surface area contributed by atoms with Crippen molar-refractivity contribution in [1.82, 2.24) is 0 Å². The molecule has 0 spiro atoms. The van der Waals surface area contributed by atoms with Gasteiger partial charge in [-0.3, -0.25) is 0 Å². The Morgan fingerprint density at radius 3 is 2.82 bits per heavy atom. The number of fused-ring (bicyclic) bond motifs is 1. The molecule has 0 radical (unpaired) electrons. The Morgan fingerprint density at radius 2 is 2.09 bits per heavy atom. The molecule has 3 rings (SSSR count). The number of aliphatic hydroxyl groups excluding tert-OH is 1. The second kappa shape index (κ2) is 1.80. The third kappa shape index (κ3) is 0.574. The number of ether oxygens (including phenoxy) is 1. The van der Waals surface area contributed by atoms with E-state index in [0.29, 0.717) is 17.8 Å². The van der Waals surface area contributed by atoms with Crippen LogP contribution in [0.3, 0.4) is 0 Å². The fourth-order valence-electron chi connectivity index (χ4n) is 3.46.